The third kappa shape index (κ3) is 2.99. The average Bonchev–Trinajstić information content (AvgIpc) is 3.93. The van der Waals surface area contributed by atoms with E-state index in [4.69, 9.17) is 0 Å². The van der Waals surface area contributed by atoms with Gasteiger partial charge in [0.2, 0.25) is 0 Å². The zero-order valence-electron chi connectivity index (χ0n) is 29.2. The van der Waals surface area contributed by atoms with Gasteiger partial charge in [0.25, 0.3) is 11.1 Å². The van der Waals surface area contributed by atoms with Gasteiger partial charge in [-0.3, -0.25) is 18.4 Å². The summed E-state index contributed by atoms with van der Waals surface area (Å²) < 4.78 is 3.92. The number of benzene rings is 8. The normalized spacial score (nSPS) is 14.1. The molecule has 0 saturated heterocycles. The van der Waals surface area contributed by atoms with E-state index in [0.717, 1.165) is 87.1 Å². The fourth-order valence-electron chi connectivity index (χ4n) is 11.2. The van der Waals surface area contributed by atoms with E-state index in [1.54, 1.807) is 0 Å². The van der Waals surface area contributed by atoms with Gasteiger partial charge in [-0.15, -0.1) is 0 Å². The van der Waals surface area contributed by atoms with E-state index in [-0.39, 0.29) is 11.1 Å². The van der Waals surface area contributed by atoms with Gasteiger partial charge >= 0.3 is 0 Å². The maximum atomic E-state index is 14.4. The van der Waals surface area contributed by atoms with Crippen LogP contribution in [-0.4, -0.2) is 8.80 Å². The predicted molar refractivity (Wildman–Crippen MR) is 225 cm³/mol. The maximum Gasteiger partial charge on any atom is 0.263 e. The molecule has 0 amide bonds. The quantitative estimate of drug-likeness (QED) is 0.148. The Labute approximate surface area is 312 Å². The van der Waals surface area contributed by atoms with Crippen LogP contribution in [0, 0.1) is 0 Å². The third-order valence-corrected chi connectivity index (χ3v) is 13.2. The SMILES string of the molecule is O=c1c2ccccc2c2cccc3c4cc5c(cc4n1c23)-c1ccccc1C51c2ccccc2-c2cc3c(cc21)c1cccc2c4ccccc4c(=O)n3c21. The molecule has 1 spiro atoms. The van der Waals surface area contributed by atoms with Gasteiger partial charge in [-0.05, 0) is 91.7 Å². The molecule has 0 atom stereocenters. The first-order valence-corrected chi connectivity index (χ1v) is 18.9. The largest absolute Gasteiger partial charge is 0.275 e. The van der Waals surface area contributed by atoms with Crippen molar-refractivity contribution in [2.75, 3.05) is 0 Å². The Hall–Kier alpha value is -7.30. The Bertz CT molecular complexity index is 3630. The van der Waals surface area contributed by atoms with Gasteiger partial charge in [-0.1, -0.05) is 121 Å². The van der Waals surface area contributed by atoms with Gasteiger partial charge in [0.15, 0.2) is 0 Å². The van der Waals surface area contributed by atoms with Gasteiger partial charge in [0, 0.05) is 43.1 Å². The summed E-state index contributed by atoms with van der Waals surface area (Å²) in [6.45, 7) is 0. The molecular formula is C51H26N2O2. The molecule has 0 unspecified atom stereocenters. The van der Waals surface area contributed by atoms with E-state index < -0.39 is 5.41 Å². The van der Waals surface area contributed by atoms with E-state index in [1.165, 1.54) is 33.4 Å². The molecule has 4 aromatic heterocycles. The van der Waals surface area contributed by atoms with Crippen molar-refractivity contribution in [1.29, 1.82) is 0 Å². The van der Waals surface area contributed by atoms with E-state index in [2.05, 4.69) is 121 Å². The van der Waals surface area contributed by atoms with Crippen LogP contribution in [-0.2, 0) is 5.41 Å². The number of fused-ring (bicyclic) bond motifs is 20. The molecule has 0 fully saturated rings. The molecule has 55 heavy (non-hydrogen) atoms. The molecular weight excluding hydrogens is 673 g/mol. The lowest BCUT2D eigenvalue weighted by Gasteiger charge is -2.30. The van der Waals surface area contributed by atoms with Gasteiger partial charge < -0.3 is 0 Å². The van der Waals surface area contributed by atoms with E-state index >= 15 is 0 Å². The molecule has 4 heterocycles. The molecule has 4 nitrogen and oxygen atoms in total. The Morgan fingerprint density at radius 3 is 1.13 bits per heavy atom. The van der Waals surface area contributed by atoms with Crippen LogP contribution in [0.5, 0.6) is 0 Å². The number of aromatic nitrogens is 2. The first kappa shape index (κ1) is 28.2. The third-order valence-electron chi connectivity index (χ3n) is 13.2. The van der Waals surface area contributed by atoms with Crippen LogP contribution in [0.15, 0.2) is 167 Å². The van der Waals surface area contributed by atoms with Crippen molar-refractivity contribution in [1.82, 2.24) is 8.80 Å². The number of nitrogens with zero attached hydrogens (tertiary/aromatic N) is 2. The summed E-state index contributed by atoms with van der Waals surface area (Å²) in [7, 11) is 0. The van der Waals surface area contributed by atoms with Crippen molar-refractivity contribution in [3.8, 4) is 22.3 Å². The van der Waals surface area contributed by atoms with Crippen molar-refractivity contribution >= 4 is 75.9 Å². The van der Waals surface area contributed by atoms with Crippen LogP contribution in [0.4, 0.5) is 0 Å². The standard InChI is InChI=1S/C51H26N2O2/c54-49-35-15-3-1-11-27(35)31-17-9-19-33-39-23-43-37(25-45(39)52(49)47(31)33)29-13-5-7-21-41(29)51(43)42-22-8-6-14-30(42)38-26-46-40(24-44(38)51)34-20-10-18-32-28-12-2-4-16-36(28)50(55)53(46)48(32)34/h1-26H. The van der Waals surface area contributed by atoms with Crippen LogP contribution < -0.4 is 11.1 Å². The van der Waals surface area contributed by atoms with Crippen molar-refractivity contribution in [3.05, 3.63) is 201 Å². The average molecular weight is 699 g/mol. The van der Waals surface area contributed by atoms with Gasteiger partial charge in [0.05, 0.1) is 27.5 Å². The van der Waals surface area contributed by atoms with Gasteiger partial charge in [0.1, 0.15) is 0 Å². The molecule has 4 heteroatoms. The molecule has 2 aliphatic carbocycles. The molecule has 0 N–H and O–H groups in total. The number of hydrogen-bond acceptors (Lipinski definition) is 2. The van der Waals surface area contributed by atoms with Crippen molar-refractivity contribution in [2.24, 2.45) is 0 Å². The highest BCUT2D eigenvalue weighted by Crippen LogP contribution is 2.64. The monoisotopic (exact) mass is 698 g/mol. The molecule has 8 aromatic carbocycles. The maximum absolute atomic E-state index is 14.4. The van der Waals surface area contributed by atoms with Crippen molar-refractivity contribution < 1.29 is 0 Å². The Morgan fingerprint density at radius 2 is 0.673 bits per heavy atom. The molecule has 252 valence electrons. The summed E-state index contributed by atoms with van der Waals surface area (Å²) in [5, 5.41) is 9.91. The van der Waals surface area contributed by atoms with E-state index in [0.29, 0.717) is 0 Å². The smallest absolute Gasteiger partial charge is 0.263 e. The number of hydrogen-bond donors (Lipinski definition) is 0. The molecule has 0 bridgehead atoms. The van der Waals surface area contributed by atoms with Crippen LogP contribution in [0.2, 0.25) is 0 Å². The molecule has 0 saturated carbocycles. The summed E-state index contributed by atoms with van der Waals surface area (Å²) in [6, 6.07) is 55.8. The highest BCUT2D eigenvalue weighted by Gasteiger charge is 2.52. The minimum absolute atomic E-state index is 0.0130. The van der Waals surface area contributed by atoms with E-state index in [9.17, 15) is 9.59 Å². The Morgan fingerprint density at radius 1 is 0.309 bits per heavy atom. The molecule has 0 radical (unpaired) electrons. The summed E-state index contributed by atoms with van der Waals surface area (Å²) >= 11 is 0. The fourth-order valence-corrected chi connectivity index (χ4v) is 11.2. The van der Waals surface area contributed by atoms with Gasteiger partial charge in [-0.2, -0.15) is 0 Å². The minimum Gasteiger partial charge on any atom is -0.275 e. The summed E-state index contributed by atoms with van der Waals surface area (Å²) in [6.07, 6.45) is 0. The van der Waals surface area contributed by atoms with Crippen LogP contribution in [0.1, 0.15) is 22.3 Å². The zero-order valence-corrected chi connectivity index (χ0v) is 29.2. The van der Waals surface area contributed by atoms with Gasteiger partial charge in [-0.25, -0.2) is 0 Å². The van der Waals surface area contributed by atoms with Crippen LogP contribution in [0.25, 0.3) is 98.2 Å². The predicted octanol–water partition coefficient (Wildman–Crippen LogP) is 11.1. The zero-order chi connectivity index (χ0) is 35.9. The fraction of sp³-hybridized carbons (Fsp3) is 0.0196. The molecule has 14 rings (SSSR count). The molecule has 12 aromatic rings. The summed E-state index contributed by atoms with van der Waals surface area (Å²) in [5.74, 6) is 0. The van der Waals surface area contributed by atoms with E-state index in [1.807, 2.05) is 45.2 Å². The highest BCUT2D eigenvalue weighted by molar-refractivity contribution is 6.23. The Balaban J connectivity index is 1.18. The minimum atomic E-state index is -0.612. The lowest BCUT2D eigenvalue weighted by Crippen LogP contribution is -2.25. The summed E-state index contributed by atoms with van der Waals surface area (Å²) in [5.41, 5.74) is 12.8. The van der Waals surface area contributed by atoms with Crippen molar-refractivity contribution in [3.63, 3.8) is 0 Å². The molecule has 0 aliphatic heterocycles. The number of pyridine rings is 2. The topological polar surface area (TPSA) is 43.0 Å². The van der Waals surface area contributed by atoms with Crippen LogP contribution >= 0.6 is 0 Å². The number of para-hydroxylation sites is 2. The Kier molecular flexibility index (Phi) is 4.75. The number of rotatable bonds is 0. The lowest BCUT2D eigenvalue weighted by atomic mass is 9.70. The summed E-state index contributed by atoms with van der Waals surface area (Å²) in [4.78, 5) is 28.8. The second-order valence-electron chi connectivity index (χ2n) is 15.4. The van der Waals surface area contributed by atoms with Crippen molar-refractivity contribution in [2.45, 2.75) is 5.41 Å². The first-order valence-electron chi connectivity index (χ1n) is 18.9. The second-order valence-corrected chi connectivity index (χ2v) is 15.4. The second kappa shape index (κ2) is 9.25. The van der Waals surface area contributed by atoms with Crippen LogP contribution in [0.3, 0.4) is 0 Å². The molecule has 2 aliphatic rings. The lowest BCUT2D eigenvalue weighted by molar-refractivity contribution is 0.796. The highest BCUT2D eigenvalue weighted by atomic mass is 16.1. The first-order chi connectivity index (χ1) is 27.1.